The SMILES string of the molecule is CC(C)(C)OC(=O)N1C2CCC1CC(c1cc(N(COCC[Si](C)(C)C)COCC[Si](C)(C)C)n3ncc(-c4ccc(N5C(=O)CCN5C(=O)OCc5ccccc5)nc4)c3n1)C2. The van der Waals surface area contributed by atoms with Crippen LogP contribution in [0.15, 0.2) is 60.9 Å². The number of fused-ring (bicyclic) bond motifs is 3. The zero-order chi connectivity index (χ0) is 45.1. The molecule has 3 fully saturated rings. The number of piperidine rings is 1. The third-order valence-corrected chi connectivity index (χ3v) is 15.2. The van der Waals surface area contributed by atoms with Gasteiger partial charge in [0.15, 0.2) is 11.5 Å². The largest absolute Gasteiger partial charge is 0.444 e. The lowest BCUT2D eigenvalue weighted by Crippen LogP contribution is -2.48. The van der Waals surface area contributed by atoms with E-state index in [9.17, 15) is 14.4 Å². The van der Waals surface area contributed by atoms with Crippen molar-refractivity contribution in [3.63, 3.8) is 0 Å². The van der Waals surface area contributed by atoms with Gasteiger partial charge in [-0.25, -0.2) is 24.6 Å². The molecule has 0 radical (unpaired) electrons. The van der Waals surface area contributed by atoms with Crippen molar-refractivity contribution in [1.29, 1.82) is 0 Å². The Labute approximate surface area is 374 Å². The summed E-state index contributed by atoms with van der Waals surface area (Å²) in [5.74, 6) is 0.961. The summed E-state index contributed by atoms with van der Waals surface area (Å²) >= 11 is 0. The van der Waals surface area contributed by atoms with Crippen molar-refractivity contribution < 1.29 is 33.3 Å². The van der Waals surface area contributed by atoms with Crippen LogP contribution in [0.25, 0.3) is 16.8 Å². The Hall–Kier alpha value is -4.85. The Morgan fingerprint density at radius 1 is 0.857 bits per heavy atom. The van der Waals surface area contributed by atoms with Crippen molar-refractivity contribution in [2.75, 3.05) is 43.1 Å². The molecule has 2 unspecified atom stereocenters. The summed E-state index contributed by atoms with van der Waals surface area (Å²) in [4.78, 5) is 54.0. The van der Waals surface area contributed by atoms with Crippen LogP contribution in [-0.4, -0.2) is 115 Å². The van der Waals surface area contributed by atoms with Gasteiger partial charge in [-0.15, -0.1) is 0 Å². The molecule has 7 rings (SSSR count). The molecular weight excluding hydrogens is 833 g/mol. The Balaban J connectivity index is 1.20. The number of rotatable bonds is 16. The second kappa shape index (κ2) is 19.1. The monoisotopic (exact) mass is 898 g/mol. The number of aromatic nitrogens is 4. The molecule has 6 heterocycles. The zero-order valence-corrected chi connectivity index (χ0v) is 40.6. The van der Waals surface area contributed by atoms with Gasteiger partial charge >= 0.3 is 12.2 Å². The first kappa shape index (κ1) is 46.2. The first-order valence-corrected chi connectivity index (χ1v) is 29.8. The lowest BCUT2D eigenvalue weighted by molar-refractivity contribution is -0.118. The van der Waals surface area contributed by atoms with Gasteiger partial charge in [-0.3, -0.25) is 4.79 Å². The van der Waals surface area contributed by atoms with Crippen molar-refractivity contribution in [3.05, 3.63) is 72.2 Å². The number of benzene rings is 1. The predicted octanol–water partition coefficient (Wildman–Crippen LogP) is 9.16. The number of hydrogen-bond donors (Lipinski definition) is 0. The van der Waals surface area contributed by atoms with E-state index in [0.717, 1.165) is 66.0 Å². The van der Waals surface area contributed by atoms with Gasteiger partial charge in [0.2, 0.25) is 5.91 Å². The first-order chi connectivity index (χ1) is 29.8. The second-order valence-electron chi connectivity index (χ2n) is 20.5. The Morgan fingerprint density at radius 3 is 2.10 bits per heavy atom. The summed E-state index contributed by atoms with van der Waals surface area (Å²) in [5.41, 5.74) is 3.36. The van der Waals surface area contributed by atoms with E-state index >= 15 is 0 Å². The number of carbonyl (C=O) groups excluding carboxylic acids is 3. The van der Waals surface area contributed by atoms with Crippen LogP contribution in [0.1, 0.15) is 70.1 Å². The van der Waals surface area contributed by atoms with Crippen LogP contribution in [0.3, 0.4) is 0 Å². The average molecular weight is 899 g/mol. The zero-order valence-electron chi connectivity index (χ0n) is 38.6. The lowest BCUT2D eigenvalue weighted by Gasteiger charge is -2.39. The van der Waals surface area contributed by atoms with E-state index in [1.165, 1.54) is 10.0 Å². The summed E-state index contributed by atoms with van der Waals surface area (Å²) < 4.78 is 26.1. The number of pyridine rings is 1. The van der Waals surface area contributed by atoms with Crippen molar-refractivity contribution >= 4 is 51.5 Å². The van der Waals surface area contributed by atoms with Crippen molar-refractivity contribution in [3.8, 4) is 11.1 Å². The van der Waals surface area contributed by atoms with E-state index in [-0.39, 0.29) is 49.6 Å². The molecule has 2 atom stereocenters. The molecule has 1 aromatic carbocycles. The highest BCUT2D eigenvalue weighted by molar-refractivity contribution is 6.76. The molecule has 3 amide bonds. The molecule has 63 heavy (non-hydrogen) atoms. The maximum Gasteiger partial charge on any atom is 0.429 e. The van der Waals surface area contributed by atoms with Crippen LogP contribution in [-0.2, 0) is 30.3 Å². The summed E-state index contributed by atoms with van der Waals surface area (Å²) in [6, 6.07) is 17.4. The van der Waals surface area contributed by atoms with Gasteiger partial charge in [0, 0.05) is 82.9 Å². The first-order valence-electron chi connectivity index (χ1n) is 22.4. The Bertz CT molecular complexity index is 2190. The topological polar surface area (TPSA) is 144 Å². The van der Waals surface area contributed by atoms with Crippen molar-refractivity contribution in [1.82, 2.24) is 29.5 Å². The molecule has 2 bridgehead atoms. The summed E-state index contributed by atoms with van der Waals surface area (Å²) in [5, 5.41) is 7.52. The van der Waals surface area contributed by atoms with Gasteiger partial charge in [0.1, 0.15) is 31.5 Å². The van der Waals surface area contributed by atoms with E-state index in [0.29, 0.717) is 38.1 Å². The van der Waals surface area contributed by atoms with Gasteiger partial charge < -0.3 is 28.7 Å². The molecule has 3 aliphatic heterocycles. The minimum Gasteiger partial charge on any atom is -0.444 e. The molecule has 15 nitrogen and oxygen atoms in total. The molecule has 3 aromatic heterocycles. The van der Waals surface area contributed by atoms with Gasteiger partial charge in [-0.1, -0.05) is 69.6 Å². The highest BCUT2D eigenvalue weighted by Gasteiger charge is 2.46. The number of ether oxygens (including phenoxy) is 4. The molecular formula is C46H66N8O7Si2. The molecule has 0 spiro atoms. The standard InChI is InChI=1S/C46H66N8O7Si2/c1-46(2,3)61-45(57)52-36-16-17-37(52)26-35(25-36)39-27-41(50(31-58-21-23-62(4,5)6)32-59-22-24-63(7,8)9)53-43(49-39)38(29-48-53)34-15-18-40(47-28-34)54-42(55)19-20-51(54)44(56)60-30-33-13-11-10-12-14-33/h10-15,18,27-29,35-37H,16-17,19-26,30-32H2,1-9H3. The lowest BCUT2D eigenvalue weighted by atomic mass is 9.88. The fourth-order valence-corrected chi connectivity index (χ4v) is 9.85. The summed E-state index contributed by atoms with van der Waals surface area (Å²) in [6.45, 7) is 22.0. The van der Waals surface area contributed by atoms with Crippen LogP contribution in [0.2, 0.25) is 51.4 Å². The van der Waals surface area contributed by atoms with Gasteiger partial charge in [0.05, 0.1) is 12.7 Å². The van der Waals surface area contributed by atoms with Gasteiger partial charge in [-0.05, 0) is 76.2 Å². The van der Waals surface area contributed by atoms with Gasteiger partial charge in [-0.2, -0.15) is 14.6 Å². The van der Waals surface area contributed by atoms with Crippen molar-refractivity contribution in [2.45, 2.75) is 134 Å². The predicted molar refractivity (Wildman–Crippen MR) is 249 cm³/mol. The fraction of sp³-hybridized carbons (Fsp3) is 0.565. The average Bonchev–Trinajstić information content (AvgIpc) is 3.90. The number of nitrogens with zero attached hydrogens (tertiary/aromatic N) is 8. The minimum atomic E-state index is -1.34. The molecule has 0 N–H and O–H groups in total. The maximum atomic E-state index is 13.4. The quantitative estimate of drug-likeness (QED) is 0.0603. The second-order valence-corrected chi connectivity index (χ2v) is 31.8. The van der Waals surface area contributed by atoms with Crippen LogP contribution in [0.5, 0.6) is 0 Å². The Morgan fingerprint density at radius 2 is 1.51 bits per heavy atom. The molecule has 3 saturated heterocycles. The van der Waals surface area contributed by atoms with Crippen LogP contribution >= 0.6 is 0 Å². The van der Waals surface area contributed by atoms with E-state index in [1.54, 1.807) is 18.5 Å². The smallest absolute Gasteiger partial charge is 0.429 e. The molecule has 0 aliphatic carbocycles. The number of hydrogen-bond acceptors (Lipinski definition) is 11. The van der Waals surface area contributed by atoms with Gasteiger partial charge in [0.25, 0.3) is 0 Å². The molecule has 4 aromatic rings. The maximum absolute atomic E-state index is 13.4. The van der Waals surface area contributed by atoms with Crippen LogP contribution < -0.4 is 9.91 Å². The number of carbonyl (C=O) groups is 3. The normalized spacial score (nSPS) is 19.3. The van der Waals surface area contributed by atoms with E-state index < -0.39 is 27.8 Å². The van der Waals surface area contributed by atoms with Crippen LogP contribution in [0, 0.1) is 0 Å². The van der Waals surface area contributed by atoms with E-state index in [1.807, 2.05) is 66.6 Å². The number of amides is 3. The molecule has 3 aliphatic rings. The van der Waals surface area contributed by atoms with Crippen molar-refractivity contribution in [2.24, 2.45) is 0 Å². The highest BCUT2D eigenvalue weighted by atomic mass is 28.3. The number of hydrazine groups is 1. The van der Waals surface area contributed by atoms with E-state index in [2.05, 4.69) is 50.2 Å². The summed E-state index contributed by atoms with van der Waals surface area (Å²) in [7, 11) is -2.67. The third kappa shape index (κ3) is 11.7. The number of anilines is 2. The molecule has 17 heteroatoms. The minimum absolute atomic E-state index is 0.0561. The molecule has 0 saturated carbocycles. The molecule has 340 valence electrons. The fourth-order valence-electron chi connectivity index (χ4n) is 8.34. The third-order valence-electron chi connectivity index (χ3n) is 11.7. The highest BCUT2D eigenvalue weighted by Crippen LogP contribution is 2.44. The van der Waals surface area contributed by atoms with Crippen LogP contribution in [0.4, 0.5) is 21.2 Å². The summed E-state index contributed by atoms with van der Waals surface area (Å²) in [6.07, 6.45) is 6.17. The Kier molecular flexibility index (Phi) is 14.0. The van der Waals surface area contributed by atoms with E-state index in [4.69, 9.17) is 34.0 Å².